The van der Waals surface area contributed by atoms with Crippen molar-refractivity contribution in [1.82, 2.24) is 20.2 Å². The topological polar surface area (TPSA) is 85.8 Å². The van der Waals surface area contributed by atoms with Crippen LogP contribution < -0.4 is 11.3 Å². The van der Waals surface area contributed by atoms with Gasteiger partial charge in [-0.05, 0) is 30.7 Å². The van der Waals surface area contributed by atoms with Crippen LogP contribution in [-0.2, 0) is 11.0 Å². The number of rotatable bonds is 3. The SMILES string of the molecule is Cc1cc(-c2ncn(/C=C\C(=O)NN)n2)cc(C(F)(F)F)c1. The van der Waals surface area contributed by atoms with Gasteiger partial charge in [0.25, 0.3) is 5.91 Å². The minimum absolute atomic E-state index is 0.118. The van der Waals surface area contributed by atoms with Gasteiger partial charge in [0.05, 0.1) is 5.56 Å². The van der Waals surface area contributed by atoms with E-state index in [1.165, 1.54) is 17.2 Å². The standard InChI is InChI=1S/C13H12F3N5O/c1-8-4-9(6-10(5-8)13(14,15)16)12-18-7-21(20-12)3-2-11(22)19-17/h2-7H,17H2,1H3,(H,19,22)/b3-2-. The molecule has 2 aromatic rings. The van der Waals surface area contributed by atoms with Crippen molar-refractivity contribution in [1.29, 1.82) is 0 Å². The number of carbonyl (C=O) groups is 1. The zero-order valence-corrected chi connectivity index (χ0v) is 11.4. The van der Waals surface area contributed by atoms with E-state index in [9.17, 15) is 18.0 Å². The van der Waals surface area contributed by atoms with Gasteiger partial charge < -0.3 is 0 Å². The second-order valence-corrected chi connectivity index (χ2v) is 4.46. The zero-order valence-electron chi connectivity index (χ0n) is 11.4. The van der Waals surface area contributed by atoms with Gasteiger partial charge in [-0.3, -0.25) is 10.2 Å². The molecule has 1 heterocycles. The summed E-state index contributed by atoms with van der Waals surface area (Å²) in [4.78, 5) is 14.9. The van der Waals surface area contributed by atoms with E-state index in [2.05, 4.69) is 10.1 Å². The molecule has 2 rings (SSSR count). The van der Waals surface area contributed by atoms with Gasteiger partial charge in [-0.1, -0.05) is 0 Å². The molecule has 6 nitrogen and oxygen atoms in total. The maximum Gasteiger partial charge on any atom is 0.416 e. The Morgan fingerprint density at radius 3 is 2.73 bits per heavy atom. The molecule has 0 saturated heterocycles. The number of amides is 1. The molecule has 0 aliphatic heterocycles. The van der Waals surface area contributed by atoms with Crippen molar-refractivity contribution in [3.05, 3.63) is 41.7 Å². The number of nitrogens with two attached hydrogens (primary N) is 1. The number of benzene rings is 1. The Bertz CT molecular complexity index is 721. The first-order valence-electron chi connectivity index (χ1n) is 6.09. The number of alkyl halides is 3. The average molecular weight is 311 g/mol. The number of nitrogens with zero attached hydrogens (tertiary/aromatic N) is 3. The highest BCUT2D eigenvalue weighted by molar-refractivity contribution is 5.89. The largest absolute Gasteiger partial charge is 0.416 e. The van der Waals surface area contributed by atoms with Crippen LogP contribution >= 0.6 is 0 Å². The van der Waals surface area contributed by atoms with Gasteiger partial charge in [0.2, 0.25) is 0 Å². The molecule has 9 heteroatoms. The molecule has 0 radical (unpaired) electrons. The third-order valence-electron chi connectivity index (χ3n) is 2.69. The molecule has 116 valence electrons. The zero-order chi connectivity index (χ0) is 16.3. The number of nitrogens with one attached hydrogen (secondary N) is 1. The van der Waals surface area contributed by atoms with Crippen molar-refractivity contribution < 1.29 is 18.0 Å². The van der Waals surface area contributed by atoms with E-state index in [1.54, 1.807) is 13.0 Å². The molecule has 3 N–H and O–H groups in total. The number of carbonyl (C=O) groups excluding carboxylic acids is 1. The Morgan fingerprint density at radius 1 is 1.36 bits per heavy atom. The van der Waals surface area contributed by atoms with Crippen LogP contribution in [0.3, 0.4) is 0 Å². The molecule has 0 spiro atoms. The molecular formula is C13H12F3N5O. The minimum Gasteiger partial charge on any atom is -0.291 e. The van der Waals surface area contributed by atoms with Crippen LogP contribution in [0.25, 0.3) is 17.6 Å². The monoisotopic (exact) mass is 311 g/mol. The van der Waals surface area contributed by atoms with Crippen molar-refractivity contribution in [3.63, 3.8) is 0 Å². The summed E-state index contributed by atoms with van der Waals surface area (Å²) in [6.45, 7) is 1.56. The number of hydrazine groups is 1. The maximum atomic E-state index is 12.8. The Morgan fingerprint density at radius 2 is 2.09 bits per heavy atom. The lowest BCUT2D eigenvalue weighted by atomic mass is 10.1. The highest BCUT2D eigenvalue weighted by Crippen LogP contribution is 2.32. The molecule has 1 aromatic heterocycles. The van der Waals surface area contributed by atoms with E-state index in [4.69, 9.17) is 5.84 Å². The van der Waals surface area contributed by atoms with Crippen LogP contribution in [0.4, 0.5) is 13.2 Å². The van der Waals surface area contributed by atoms with E-state index in [1.807, 2.05) is 5.43 Å². The fourth-order valence-electron chi connectivity index (χ4n) is 1.75. The number of hydrogen-bond donors (Lipinski definition) is 2. The molecule has 0 bridgehead atoms. The molecule has 0 aliphatic carbocycles. The van der Waals surface area contributed by atoms with E-state index in [0.717, 1.165) is 18.2 Å². The molecule has 1 aromatic carbocycles. The van der Waals surface area contributed by atoms with Crippen molar-refractivity contribution in [2.75, 3.05) is 0 Å². The second-order valence-electron chi connectivity index (χ2n) is 4.46. The lowest BCUT2D eigenvalue weighted by molar-refractivity contribution is -0.137. The molecule has 1 amide bonds. The first-order valence-corrected chi connectivity index (χ1v) is 6.09. The van der Waals surface area contributed by atoms with E-state index in [0.29, 0.717) is 5.56 Å². The van der Waals surface area contributed by atoms with Crippen LogP contribution in [0.1, 0.15) is 11.1 Å². The summed E-state index contributed by atoms with van der Waals surface area (Å²) < 4.78 is 39.6. The first-order chi connectivity index (χ1) is 10.3. The Hall–Kier alpha value is -2.68. The van der Waals surface area contributed by atoms with Gasteiger partial charge in [0.15, 0.2) is 5.82 Å². The highest BCUT2D eigenvalue weighted by Gasteiger charge is 2.31. The fourth-order valence-corrected chi connectivity index (χ4v) is 1.75. The fraction of sp³-hybridized carbons (Fsp3) is 0.154. The third kappa shape index (κ3) is 3.70. The summed E-state index contributed by atoms with van der Waals surface area (Å²) in [6.07, 6.45) is -0.789. The minimum atomic E-state index is -4.44. The van der Waals surface area contributed by atoms with Crippen LogP contribution in [0.5, 0.6) is 0 Å². The van der Waals surface area contributed by atoms with E-state index in [-0.39, 0.29) is 11.4 Å². The van der Waals surface area contributed by atoms with Gasteiger partial charge in [-0.15, -0.1) is 5.10 Å². The van der Waals surface area contributed by atoms with Crippen molar-refractivity contribution in [3.8, 4) is 11.4 Å². The van der Waals surface area contributed by atoms with Crippen LogP contribution in [0.15, 0.2) is 30.6 Å². The summed E-state index contributed by atoms with van der Waals surface area (Å²) in [7, 11) is 0. The molecule has 0 saturated carbocycles. The highest BCUT2D eigenvalue weighted by atomic mass is 19.4. The molecule has 22 heavy (non-hydrogen) atoms. The lowest BCUT2D eigenvalue weighted by Gasteiger charge is -2.09. The van der Waals surface area contributed by atoms with Crippen LogP contribution in [0.2, 0.25) is 0 Å². The van der Waals surface area contributed by atoms with Crippen LogP contribution in [0, 0.1) is 6.92 Å². The molecule has 0 unspecified atom stereocenters. The maximum absolute atomic E-state index is 12.8. The number of halogens is 3. The molecular weight excluding hydrogens is 299 g/mol. The summed E-state index contributed by atoms with van der Waals surface area (Å²) in [5.41, 5.74) is 1.81. The van der Waals surface area contributed by atoms with Crippen LogP contribution in [-0.4, -0.2) is 20.7 Å². The van der Waals surface area contributed by atoms with Gasteiger partial charge in [0, 0.05) is 17.8 Å². The van der Waals surface area contributed by atoms with Crippen molar-refractivity contribution >= 4 is 12.1 Å². The summed E-state index contributed by atoms with van der Waals surface area (Å²) in [5.74, 6) is 4.47. The number of aromatic nitrogens is 3. The van der Waals surface area contributed by atoms with Gasteiger partial charge in [-0.25, -0.2) is 15.5 Å². The van der Waals surface area contributed by atoms with Crippen molar-refractivity contribution in [2.45, 2.75) is 13.1 Å². The predicted molar refractivity (Wildman–Crippen MR) is 72.9 cm³/mol. The van der Waals surface area contributed by atoms with Gasteiger partial charge >= 0.3 is 6.18 Å². The summed E-state index contributed by atoms with van der Waals surface area (Å²) in [6, 6.07) is 3.57. The van der Waals surface area contributed by atoms with Gasteiger partial charge in [0.1, 0.15) is 6.33 Å². The molecule has 0 aliphatic rings. The summed E-state index contributed by atoms with van der Waals surface area (Å²) >= 11 is 0. The Balaban J connectivity index is 2.33. The second kappa shape index (κ2) is 5.98. The quantitative estimate of drug-likeness (QED) is 0.391. The normalized spacial score (nSPS) is 11.9. The number of aryl methyl sites for hydroxylation is 1. The molecule has 0 atom stereocenters. The predicted octanol–water partition coefficient (Wildman–Crippen LogP) is 1.73. The third-order valence-corrected chi connectivity index (χ3v) is 2.69. The Labute approximate surface area is 123 Å². The molecule has 0 fully saturated rings. The average Bonchev–Trinajstić information content (AvgIpc) is 2.92. The van der Waals surface area contributed by atoms with E-state index < -0.39 is 17.6 Å². The lowest BCUT2D eigenvalue weighted by Crippen LogP contribution is -2.28. The summed E-state index contributed by atoms with van der Waals surface area (Å²) in [5, 5.41) is 3.98. The Kier molecular flexibility index (Phi) is 4.27. The number of hydrogen-bond acceptors (Lipinski definition) is 4. The van der Waals surface area contributed by atoms with Crippen molar-refractivity contribution in [2.24, 2.45) is 5.84 Å². The first kappa shape index (κ1) is 15.7. The smallest absolute Gasteiger partial charge is 0.291 e. The van der Waals surface area contributed by atoms with Gasteiger partial charge in [-0.2, -0.15) is 13.2 Å². The van der Waals surface area contributed by atoms with E-state index >= 15 is 0 Å².